The number of aliphatic hydroxyl groups excluding tert-OH is 1. The molecule has 2 heterocycles. The normalized spacial score (nSPS) is 16.3. The number of thiazole rings is 1. The van der Waals surface area contributed by atoms with E-state index < -0.39 is 10.0 Å². The van der Waals surface area contributed by atoms with Crippen molar-refractivity contribution in [1.29, 1.82) is 0 Å². The molecule has 22 heavy (non-hydrogen) atoms. The van der Waals surface area contributed by atoms with Crippen LogP contribution in [0, 0.1) is 19.3 Å². The molecule has 1 aromatic heterocycles. The van der Waals surface area contributed by atoms with Gasteiger partial charge in [-0.15, -0.1) is 17.8 Å². The molecule has 0 spiro atoms. The van der Waals surface area contributed by atoms with Crippen LogP contribution in [0.3, 0.4) is 0 Å². The lowest BCUT2D eigenvalue weighted by molar-refractivity contribution is 0.510. The van der Waals surface area contributed by atoms with E-state index in [2.05, 4.69) is 10.9 Å². The Morgan fingerprint density at radius 2 is 2.14 bits per heavy atom. The summed E-state index contributed by atoms with van der Waals surface area (Å²) in [5.41, 5.74) is 2.92. The van der Waals surface area contributed by atoms with E-state index in [1.807, 2.05) is 0 Å². The molecule has 1 N–H and O–H groups in total. The molecule has 1 aliphatic rings. The third kappa shape index (κ3) is 2.00. The maximum Gasteiger partial charge on any atom is 0.270 e. The molecule has 0 unspecified atom stereocenters. The van der Waals surface area contributed by atoms with Gasteiger partial charge in [0.05, 0.1) is 12.1 Å². The number of fused-ring (bicyclic) bond motifs is 1. The van der Waals surface area contributed by atoms with Crippen molar-refractivity contribution in [2.24, 2.45) is 0 Å². The highest BCUT2D eigenvalue weighted by atomic mass is 32.2. The first-order chi connectivity index (χ1) is 10.5. The molecule has 0 radical (unpaired) electrons. The summed E-state index contributed by atoms with van der Waals surface area (Å²) in [6.45, 7) is 1.67. The minimum atomic E-state index is -3.94. The molecule has 0 aliphatic carbocycles. The Bertz CT molecular complexity index is 920. The van der Waals surface area contributed by atoms with Crippen LogP contribution in [0.15, 0.2) is 29.8 Å². The van der Waals surface area contributed by atoms with Crippen molar-refractivity contribution >= 4 is 37.0 Å². The molecule has 5 nitrogen and oxygen atoms in total. The lowest BCUT2D eigenvalue weighted by Crippen LogP contribution is -2.35. The summed E-state index contributed by atoms with van der Waals surface area (Å²) >= 11 is 1.13. The first-order valence-electron chi connectivity index (χ1n) is 6.37. The van der Waals surface area contributed by atoms with Gasteiger partial charge in [-0.2, -0.15) is 0 Å². The Hall–Kier alpha value is -2.30. The summed E-state index contributed by atoms with van der Waals surface area (Å²) in [5.74, 6) is 2.01. The number of nitrogens with zero attached hydrogens (tertiary/aromatic N) is 2. The Morgan fingerprint density at radius 3 is 2.82 bits per heavy atom. The van der Waals surface area contributed by atoms with Gasteiger partial charge < -0.3 is 5.11 Å². The van der Waals surface area contributed by atoms with Crippen molar-refractivity contribution in [3.8, 4) is 12.3 Å². The van der Waals surface area contributed by atoms with Crippen LogP contribution in [0.2, 0.25) is 0 Å². The van der Waals surface area contributed by atoms with Crippen molar-refractivity contribution in [3.05, 3.63) is 46.6 Å². The minimum Gasteiger partial charge on any atom is -0.504 e. The molecule has 112 valence electrons. The van der Waals surface area contributed by atoms with Gasteiger partial charge in [0.25, 0.3) is 10.0 Å². The second-order valence-corrected chi connectivity index (χ2v) is 7.35. The molecule has 1 aliphatic heterocycles. The second-order valence-electron chi connectivity index (χ2n) is 4.71. The van der Waals surface area contributed by atoms with E-state index in [-0.39, 0.29) is 22.9 Å². The molecule has 0 atom stereocenters. The van der Waals surface area contributed by atoms with Crippen molar-refractivity contribution in [1.82, 2.24) is 4.98 Å². The van der Waals surface area contributed by atoms with Gasteiger partial charge in [-0.1, -0.05) is 30.2 Å². The summed E-state index contributed by atoms with van der Waals surface area (Å²) in [5, 5.41) is 10.8. The molecule has 2 aromatic rings. The van der Waals surface area contributed by atoms with E-state index in [0.29, 0.717) is 10.6 Å². The van der Waals surface area contributed by atoms with E-state index in [9.17, 15) is 13.5 Å². The highest BCUT2D eigenvalue weighted by Gasteiger charge is 2.40. The number of benzene rings is 1. The monoisotopic (exact) mass is 332 g/mol. The fourth-order valence-corrected chi connectivity index (χ4v) is 5.10. The molecule has 0 fully saturated rings. The average Bonchev–Trinajstić information content (AvgIpc) is 2.95. The smallest absolute Gasteiger partial charge is 0.270 e. The molecule has 0 saturated carbocycles. The summed E-state index contributed by atoms with van der Waals surface area (Å²) in [7, 11) is -3.94. The number of hydrogen-bond donors (Lipinski definition) is 1. The van der Waals surface area contributed by atoms with Gasteiger partial charge in [-0.05, 0) is 12.5 Å². The maximum atomic E-state index is 12.9. The fourth-order valence-electron chi connectivity index (χ4n) is 2.36. The summed E-state index contributed by atoms with van der Waals surface area (Å²) < 4.78 is 26.9. The standard InChI is InChI=1S/C15H12N2O3S2/c1-3-8-17-15-12(16-9-21-15)13(18)14(22(17,19)20)11-7-5-4-6-10(11)2/h1,4-7,9,18H,8H2,2H3. The van der Waals surface area contributed by atoms with Crippen molar-refractivity contribution in [3.63, 3.8) is 0 Å². The zero-order chi connectivity index (χ0) is 15.9. The van der Waals surface area contributed by atoms with Gasteiger partial charge >= 0.3 is 0 Å². The largest absolute Gasteiger partial charge is 0.504 e. The topological polar surface area (TPSA) is 70.5 Å². The molecule has 0 amide bonds. The highest BCUT2D eigenvalue weighted by Crippen LogP contribution is 2.44. The predicted molar refractivity (Wildman–Crippen MR) is 87.8 cm³/mol. The lowest BCUT2D eigenvalue weighted by Gasteiger charge is -2.28. The lowest BCUT2D eigenvalue weighted by atomic mass is 10.1. The Morgan fingerprint density at radius 1 is 1.41 bits per heavy atom. The fraction of sp³-hybridized carbons (Fsp3) is 0.133. The number of aryl methyl sites for hydroxylation is 1. The van der Waals surface area contributed by atoms with Crippen molar-refractivity contribution in [2.45, 2.75) is 6.92 Å². The van der Waals surface area contributed by atoms with Gasteiger partial charge in [-0.3, -0.25) is 0 Å². The Labute approximate surface area is 132 Å². The predicted octanol–water partition coefficient (Wildman–Crippen LogP) is 2.62. The SMILES string of the molecule is C#CCN1c2scnc2C(O)=C(c2ccccc2C)S1(=O)=O. The molecule has 0 bridgehead atoms. The summed E-state index contributed by atoms with van der Waals surface area (Å²) in [4.78, 5) is 3.92. The molecule has 1 aromatic carbocycles. The molecule has 7 heteroatoms. The number of rotatable bonds is 2. The first kappa shape index (κ1) is 14.6. The number of aromatic nitrogens is 1. The van der Waals surface area contributed by atoms with E-state index in [0.717, 1.165) is 21.2 Å². The van der Waals surface area contributed by atoms with E-state index in [1.54, 1.807) is 31.2 Å². The van der Waals surface area contributed by atoms with Crippen molar-refractivity contribution < 1.29 is 13.5 Å². The quantitative estimate of drug-likeness (QED) is 0.858. The minimum absolute atomic E-state index is 0.111. The first-order valence-corrected chi connectivity index (χ1v) is 8.69. The van der Waals surface area contributed by atoms with E-state index >= 15 is 0 Å². The van der Waals surface area contributed by atoms with E-state index in [1.165, 1.54) is 5.51 Å². The van der Waals surface area contributed by atoms with Gasteiger partial charge in [0.2, 0.25) is 0 Å². The molecular formula is C15H12N2O3S2. The number of sulfonamides is 1. The van der Waals surface area contributed by atoms with Crippen molar-refractivity contribution in [2.75, 3.05) is 10.8 Å². The molecular weight excluding hydrogens is 320 g/mol. The van der Waals surface area contributed by atoms with Crippen LogP contribution in [0.4, 0.5) is 5.00 Å². The second kappa shape index (κ2) is 5.16. The van der Waals surface area contributed by atoms with Gasteiger partial charge in [-0.25, -0.2) is 17.7 Å². The van der Waals surface area contributed by atoms with E-state index in [4.69, 9.17) is 6.42 Å². The van der Waals surface area contributed by atoms with Crippen LogP contribution in [-0.4, -0.2) is 25.1 Å². The zero-order valence-electron chi connectivity index (χ0n) is 11.6. The molecule has 0 saturated heterocycles. The third-order valence-electron chi connectivity index (χ3n) is 3.39. The summed E-state index contributed by atoms with van der Waals surface area (Å²) in [6.07, 6.45) is 5.30. The highest BCUT2D eigenvalue weighted by molar-refractivity contribution is 8.02. The van der Waals surface area contributed by atoms with Crippen LogP contribution in [0.25, 0.3) is 10.7 Å². The zero-order valence-corrected chi connectivity index (χ0v) is 13.3. The van der Waals surface area contributed by atoms with Crippen LogP contribution < -0.4 is 4.31 Å². The number of aliphatic hydroxyl groups is 1. The van der Waals surface area contributed by atoms with Gasteiger partial charge in [0, 0.05) is 5.56 Å². The average molecular weight is 332 g/mol. The van der Waals surface area contributed by atoms with Crippen LogP contribution in [0.5, 0.6) is 0 Å². The van der Waals surface area contributed by atoms with Gasteiger partial charge in [0.15, 0.2) is 5.76 Å². The molecule has 3 rings (SSSR count). The third-order valence-corrected chi connectivity index (χ3v) is 6.17. The number of anilines is 1. The maximum absolute atomic E-state index is 12.9. The Kier molecular flexibility index (Phi) is 3.43. The van der Waals surface area contributed by atoms with Crippen LogP contribution >= 0.6 is 11.3 Å². The van der Waals surface area contributed by atoms with Crippen LogP contribution in [-0.2, 0) is 10.0 Å². The summed E-state index contributed by atoms with van der Waals surface area (Å²) in [6, 6.07) is 6.97. The Balaban J connectivity index is 2.36. The number of terminal acetylenes is 1. The van der Waals surface area contributed by atoms with Crippen LogP contribution in [0.1, 0.15) is 16.8 Å². The number of hydrogen-bond acceptors (Lipinski definition) is 5. The van der Waals surface area contributed by atoms with Gasteiger partial charge in [0.1, 0.15) is 15.6 Å².